The molecular formula is C20H23Cl2N3O7. The van der Waals surface area contributed by atoms with Gasteiger partial charge < -0.3 is 30.2 Å². The highest BCUT2D eigenvalue weighted by molar-refractivity contribution is 6.37. The van der Waals surface area contributed by atoms with Crippen LogP contribution in [-0.4, -0.2) is 71.8 Å². The highest BCUT2D eigenvalue weighted by atomic mass is 35.5. The van der Waals surface area contributed by atoms with Gasteiger partial charge in [-0.25, -0.2) is 0 Å². The maximum atomic E-state index is 12.9. The van der Waals surface area contributed by atoms with E-state index in [2.05, 4.69) is 10.6 Å². The molecule has 0 radical (unpaired) electrons. The summed E-state index contributed by atoms with van der Waals surface area (Å²) in [5.74, 6) is -2.74. The van der Waals surface area contributed by atoms with Crippen LogP contribution >= 0.6 is 23.2 Å². The van der Waals surface area contributed by atoms with E-state index in [0.717, 1.165) is 0 Å². The second-order valence-corrected chi connectivity index (χ2v) is 8.02. The van der Waals surface area contributed by atoms with E-state index in [4.69, 9.17) is 33.0 Å². The molecule has 0 bridgehead atoms. The van der Waals surface area contributed by atoms with Crippen molar-refractivity contribution < 1.29 is 33.8 Å². The fraction of sp³-hybridized carbons (Fsp3) is 0.450. The molecule has 3 amide bonds. The number of benzene rings is 1. The standard InChI is InChI=1S/C20H23Cl2N3O7/c1-10(23-18(29)11-6-13(21)17(32-2)14(22)7-11)20(31)25-5-3-4-15(25)19(30)24-12(9-26)8-16(27)28/h6-7,9-10,12,15H,3-5,8H2,1-2H3,(H,23,29)(H,24,30)(H,27,28). The number of halogens is 2. The molecule has 1 heterocycles. The lowest BCUT2D eigenvalue weighted by Gasteiger charge is -2.27. The number of nitrogens with one attached hydrogen (secondary N) is 2. The Morgan fingerprint density at radius 3 is 2.41 bits per heavy atom. The third-order valence-electron chi connectivity index (χ3n) is 4.91. The molecule has 1 fully saturated rings. The molecule has 10 nitrogen and oxygen atoms in total. The fourth-order valence-corrected chi connectivity index (χ4v) is 4.02. The van der Waals surface area contributed by atoms with Crippen molar-refractivity contribution in [2.45, 2.75) is 44.3 Å². The van der Waals surface area contributed by atoms with E-state index >= 15 is 0 Å². The molecule has 1 aromatic rings. The Morgan fingerprint density at radius 1 is 1.25 bits per heavy atom. The fourth-order valence-electron chi connectivity index (χ4n) is 3.38. The summed E-state index contributed by atoms with van der Waals surface area (Å²) in [6.45, 7) is 1.75. The van der Waals surface area contributed by atoms with Crippen molar-refractivity contribution in [2.75, 3.05) is 13.7 Å². The molecule has 174 valence electrons. The van der Waals surface area contributed by atoms with Crippen LogP contribution in [0.25, 0.3) is 0 Å². The zero-order valence-electron chi connectivity index (χ0n) is 17.4. The van der Waals surface area contributed by atoms with Crippen LogP contribution in [-0.2, 0) is 19.2 Å². The Morgan fingerprint density at radius 2 is 1.88 bits per heavy atom. The molecule has 3 unspecified atom stereocenters. The minimum atomic E-state index is -1.24. The molecule has 0 saturated carbocycles. The summed E-state index contributed by atoms with van der Waals surface area (Å²) in [6, 6.07) is -0.335. The lowest BCUT2D eigenvalue weighted by molar-refractivity contribution is -0.141. The van der Waals surface area contributed by atoms with Crippen LogP contribution in [0.3, 0.4) is 0 Å². The van der Waals surface area contributed by atoms with E-state index in [-0.39, 0.29) is 27.9 Å². The number of likely N-dealkylation sites (tertiary alicyclic amines) is 1. The molecule has 32 heavy (non-hydrogen) atoms. The van der Waals surface area contributed by atoms with Gasteiger partial charge in [0.2, 0.25) is 11.8 Å². The van der Waals surface area contributed by atoms with E-state index < -0.39 is 48.2 Å². The smallest absolute Gasteiger partial charge is 0.305 e. The van der Waals surface area contributed by atoms with Crippen LogP contribution in [0.15, 0.2) is 12.1 Å². The zero-order chi connectivity index (χ0) is 24.0. The van der Waals surface area contributed by atoms with Gasteiger partial charge in [-0.1, -0.05) is 23.2 Å². The van der Waals surface area contributed by atoms with Crippen molar-refractivity contribution in [1.29, 1.82) is 0 Å². The predicted molar refractivity (Wildman–Crippen MR) is 115 cm³/mol. The van der Waals surface area contributed by atoms with E-state index in [1.807, 2.05) is 0 Å². The summed E-state index contributed by atoms with van der Waals surface area (Å²) < 4.78 is 5.04. The van der Waals surface area contributed by atoms with E-state index in [1.165, 1.54) is 31.1 Å². The molecule has 1 aliphatic rings. The van der Waals surface area contributed by atoms with Crippen LogP contribution < -0.4 is 15.4 Å². The van der Waals surface area contributed by atoms with E-state index in [9.17, 15) is 24.0 Å². The second kappa shape index (κ2) is 11.1. The number of carbonyl (C=O) groups is 5. The van der Waals surface area contributed by atoms with Crippen LogP contribution in [0.2, 0.25) is 10.0 Å². The van der Waals surface area contributed by atoms with Gasteiger partial charge >= 0.3 is 5.97 Å². The van der Waals surface area contributed by atoms with Gasteiger partial charge in [0.25, 0.3) is 5.91 Å². The van der Waals surface area contributed by atoms with Gasteiger partial charge in [0.15, 0.2) is 5.75 Å². The summed E-state index contributed by atoms with van der Waals surface area (Å²) >= 11 is 12.1. The van der Waals surface area contributed by atoms with E-state index in [1.54, 1.807) is 0 Å². The number of amides is 3. The largest absolute Gasteiger partial charge is 0.494 e. The van der Waals surface area contributed by atoms with Crippen LogP contribution in [0, 0.1) is 0 Å². The molecular weight excluding hydrogens is 465 g/mol. The second-order valence-electron chi connectivity index (χ2n) is 7.21. The Balaban J connectivity index is 2.06. The van der Waals surface area contributed by atoms with Crippen molar-refractivity contribution in [3.63, 3.8) is 0 Å². The Hall–Kier alpha value is -2.85. The Bertz CT molecular complexity index is 901. The summed E-state index contributed by atoms with van der Waals surface area (Å²) in [5.41, 5.74) is 0.124. The monoisotopic (exact) mass is 487 g/mol. The number of carboxylic acids is 1. The van der Waals surface area contributed by atoms with Crippen LogP contribution in [0.1, 0.15) is 36.5 Å². The first-order valence-corrected chi connectivity index (χ1v) is 10.5. The number of ether oxygens (including phenoxy) is 1. The third-order valence-corrected chi connectivity index (χ3v) is 5.47. The molecule has 1 saturated heterocycles. The number of aldehydes is 1. The van der Waals surface area contributed by atoms with Crippen molar-refractivity contribution >= 4 is 53.2 Å². The maximum absolute atomic E-state index is 12.9. The first-order chi connectivity index (χ1) is 15.1. The number of carbonyl (C=O) groups excluding carboxylic acids is 4. The first-order valence-electron chi connectivity index (χ1n) is 9.70. The lowest BCUT2D eigenvalue weighted by Crippen LogP contribution is -2.54. The normalized spacial score (nSPS) is 17.2. The summed E-state index contributed by atoms with van der Waals surface area (Å²) in [7, 11) is 1.38. The molecule has 3 N–H and O–H groups in total. The average Bonchev–Trinajstić information content (AvgIpc) is 3.21. The maximum Gasteiger partial charge on any atom is 0.305 e. The molecule has 12 heteroatoms. The highest BCUT2D eigenvalue weighted by Crippen LogP contribution is 2.33. The number of carboxylic acid groups (broad SMARTS) is 1. The van der Waals surface area contributed by atoms with Crippen molar-refractivity contribution in [3.8, 4) is 5.75 Å². The summed E-state index contributed by atoms with van der Waals surface area (Å²) in [4.78, 5) is 61.1. The van der Waals surface area contributed by atoms with Gasteiger partial charge in [-0.05, 0) is 31.9 Å². The van der Waals surface area contributed by atoms with Gasteiger partial charge in [0.05, 0.1) is 29.6 Å². The van der Waals surface area contributed by atoms with E-state index in [0.29, 0.717) is 19.1 Å². The average molecular weight is 488 g/mol. The molecule has 1 aromatic carbocycles. The topological polar surface area (TPSA) is 142 Å². The quantitative estimate of drug-likeness (QED) is 0.445. The minimum absolute atomic E-state index is 0.124. The van der Waals surface area contributed by atoms with Gasteiger partial charge in [-0.2, -0.15) is 0 Å². The van der Waals surface area contributed by atoms with Gasteiger partial charge in [0, 0.05) is 12.1 Å². The summed E-state index contributed by atoms with van der Waals surface area (Å²) in [5, 5.41) is 14.0. The molecule has 0 aliphatic carbocycles. The highest BCUT2D eigenvalue weighted by Gasteiger charge is 2.37. The molecule has 3 atom stereocenters. The number of hydrogen-bond acceptors (Lipinski definition) is 6. The van der Waals surface area contributed by atoms with Crippen LogP contribution in [0.4, 0.5) is 0 Å². The van der Waals surface area contributed by atoms with Crippen molar-refractivity contribution in [1.82, 2.24) is 15.5 Å². The minimum Gasteiger partial charge on any atom is -0.494 e. The third kappa shape index (κ3) is 6.10. The SMILES string of the molecule is COc1c(Cl)cc(C(=O)NC(C)C(=O)N2CCCC2C(=O)NC(C=O)CC(=O)O)cc1Cl. The Labute approximate surface area is 194 Å². The molecule has 1 aliphatic heterocycles. The van der Waals surface area contributed by atoms with Crippen molar-refractivity contribution in [3.05, 3.63) is 27.7 Å². The first kappa shape index (κ1) is 25.4. The molecule has 2 rings (SSSR count). The van der Waals surface area contributed by atoms with Gasteiger partial charge in [-0.15, -0.1) is 0 Å². The lowest BCUT2D eigenvalue weighted by atomic mass is 10.1. The number of aliphatic carboxylic acids is 1. The number of rotatable bonds is 9. The molecule has 0 aromatic heterocycles. The Kier molecular flexibility index (Phi) is 8.85. The number of methoxy groups -OCH3 is 1. The molecule has 0 spiro atoms. The van der Waals surface area contributed by atoms with Crippen molar-refractivity contribution in [2.24, 2.45) is 0 Å². The predicted octanol–water partition coefficient (Wildman–Crippen LogP) is 1.27. The zero-order valence-corrected chi connectivity index (χ0v) is 18.9. The van der Waals surface area contributed by atoms with Gasteiger partial charge in [-0.3, -0.25) is 19.2 Å². The number of hydrogen-bond donors (Lipinski definition) is 3. The van der Waals surface area contributed by atoms with Gasteiger partial charge in [0.1, 0.15) is 18.4 Å². The number of nitrogens with zero attached hydrogens (tertiary/aromatic N) is 1. The van der Waals surface area contributed by atoms with Crippen LogP contribution in [0.5, 0.6) is 5.75 Å². The summed E-state index contributed by atoms with van der Waals surface area (Å²) in [6.07, 6.45) is 0.663.